The summed E-state index contributed by atoms with van der Waals surface area (Å²) in [6.07, 6.45) is 3.16. The van der Waals surface area contributed by atoms with Crippen LogP contribution in [0, 0.1) is 5.95 Å². The van der Waals surface area contributed by atoms with Crippen molar-refractivity contribution in [1.82, 2.24) is 30.2 Å². The molecular weight excluding hydrogens is 419 g/mol. The first-order valence-corrected chi connectivity index (χ1v) is 10.0. The summed E-state index contributed by atoms with van der Waals surface area (Å²) in [6.45, 7) is 0. The molecule has 3 N–H and O–H groups in total. The van der Waals surface area contributed by atoms with Crippen LogP contribution in [0.15, 0.2) is 54.9 Å². The highest BCUT2D eigenvalue weighted by atomic mass is 32.1. The van der Waals surface area contributed by atoms with Gasteiger partial charge in [0.1, 0.15) is 5.01 Å². The quantitative estimate of drug-likeness (QED) is 0.386. The fraction of sp³-hybridized carbons (Fsp3) is 0.0500. The van der Waals surface area contributed by atoms with E-state index in [1.54, 1.807) is 42.2 Å². The molecule has 154 valence electrons. The number of nitrogens with zero attached hydrogens (tertiary/aromatic N) is 5. The monoisotopic (exact) mass is 434 g/mol. The molecule has 5 aromatic rings. The number of aromatic nitrogens is 6. The Kier molecular flexibility index (Phi) is 4.64. The minimum Gasteiger partial charge on any atom is -0.330 e. The van der Waals surface area contributed by atoms with Gasteiger partial charge in [-0.2, -0.15) is 9.49 Å². The van der Waals surface area contributed by atoms with Crippen molar-refractivity contribution in [3.8, 4) is 10.6 Å². The number of fused-ring (bicyclic) bond motifs is 1. The fourth-order valence-electron chi connectivity index (χ4n) is 3.05. The van der Waals surface area contributed by atoms with Crippen molar-refractivity contribution in [2.75, 3.05) is 10.6 Å². The fourth-order valence-corrected chi connectivity index (χ4v) is 3.81. The molecule has 3 heterocycles. The van der Waals surface area contributed by atoms with E-state index in [1.807, 2.05) is 18.2 Å². The van der Waals surface area contributed by atoms with Crippen LogP contribution in [0.2, 0.25) is 0 Å². The Bertz CT molecular complexity index is 1410. The maximum absolute atomic E-state index is 13.7. The third-order valence-electron chi connectivity index (χ3n) is 4.53. The van der Waals surface area contributed by atoms with Gasteiger partial charge in [0.05, 0.1) is 22.7 Å². The molecule has 0 aliphatic heterocycles. The number of nitrogens with one attached hydrogen (secondary N) is 3. The number of anilines is 3. The highest BCUT2D eigenvalue weighted by molar-refractivity contribution is 7.18. The molecule has 0 saturated heterocycles. The number of H-pyrrole nitrogens is 1. The lowest BCUT2D eigenvalue weighted by molar-refractivity contribution is 0.102. The van der Waals surface area contributed by atoms with Crippen LogP contribution in [0.25, 0.3) is 21.5 Å². The van der Waals surface area contributed by atoms with Crippen molar-refractivity contribution in [3.05, 3.63) is 66.4 Å². The second-order valence-electron chi connectivity index (χ2n) is 6.75. The van der Waals surface area contributed by atoms with Crippen molar-refractivity contribution in [2.45, 2.75) is 0 Å². The van der Waals surface area contributed by atoms with Gasteiger partial charge in [-0.05, 0) is 30.3 Å². The molecule has 9 nitrogen and oxygen atoms in total. The zero-order valence-corrected chi connectivity index (χ0v) is 16.9. The van der Waals surface area contributed by atoms with Crippen molar-refractivity contribution >= 4 is 44.7 Å². The highest BCUT2D eigenvalue weighted by Gasteiger charge is 2.12. The number of aromatic amines is 1. The molecule has 5 rings (SSSR count). The summed E-state index contributed by atoms with van der Waals surface area (Å²) in [5.74, 6) is -0.798. The van der Waals surface area contributed by atoms with Crippen molar-refractivity contribution < 1.29 is 9.18 Å². The average Bonchev–Trinajstić information content (AvgIpc) is 3.49. The van der Waals surface area contributed by atoms with Crippen LogP contribution in [0.3, 0.4) is 0 Å². The number of carbonyl (C=O) groups excluding carboxylic acids is 1. The van der Waals surface area contributed by atoms with Crippen LogP contribution in [0.1, 0.15) is 10.4 Å². The molecule has 0 spiro atoms. The first-order chi connectivity index (χ1) is 15.0. The number of hydrogen-bond donors (Lipinski definition) is 3. The molecular formula is C20H15FN8OS. The zero-order valence-electron chi connectivity index (χ0n) is 16.1. The van der Waals surface area contributed by atoms with E-state index in [9.17, 15) is 9.18 Å². The summed E-state index contributed by atoms with van der Waals surface area (Å²) in [5, 5.41) is 26.2. The van der Waals surface area contributed by atoms with E-state index in [2.05, 4.69) is 36.1 Å². The third-order valence-corrected chi connectivity index (χ3v) is 5.41. The van der Waals surface area contributed by atoms with Gasteiger partial charge in [-0.1, -0.05) is 23.5 Å². The van der Waals surface area contributed by atoms with Crippen LogP contribution in [0.4, 0.5) is 20.9 Å². The van der Waals surface area contributed by atoms with Crippen LogP contribution >= 0.6 is 11.3 Å². The van der Waals surface area contributed by atoms with Gasteiger partial charge in [-0.25, -0.2) is 0 Å². The summed E-state index contributed by atoms with van der Waals surface area (Å²) in [6, 6.07) is 12.5. The lowest BCUT2D eigenvalue weighted by Crippen LogP contribution is -2.11. The van der Waals surface area contributed by atoms with Gasteiger partial charge in [0.15, 0.2) is 0 Å². The van der Waals surface area contributed by atoms with E-state index in [1.165, 1.54) is 17.5 Å². The van der Waals surface area contributed by atoms with Crippen molar-refractivity contribution in [3.63, 3.8) is 0 Å². The van der Waals surface area contributed by atoms with Crippen molar-refractivity contribution in [1.29, 1.82) is 0 Å². The summed E-state index contributed by atoms with van der Waals surface area (Å²) >= 11 is 1.34. The van der Waals surface area contributed by atoms with Crippen LogP contribution in [-0.2, 0) is 7.05 Å². The summed E-state index contributed by atoms with van der Waals surface area (Å²) in [7, 11) is 1.75. The lowest BCUT2D eigenvalue weighted by atomic mass is 10.2. The lowest BCUT2D eigenvalue weighted by Gasteiger charge is -2.05. The summed E-state index contributed by atoms with van der Waals surface area (Å²) in [5.41, 5.74) is 3.21. The third kappa shape index (κ3) is 3.85. The smallest absolute Gasteiger partial charge is 0.258 e. The van der Waals surface area contributed by atoms with E-state index < -0.39 is 5.95 Å². The molecule has 11 heteroatoms. The predicted molar refractivity (Wildman–Crippen MR) is 116 cm³/mol. The Hall–Kier alpha value is -4.12. The van der Waals surface area contributed by atoms with E-state index in [4.69, 9.17) is 0 Å². The van der Waals surface area contributed by atoms with Crippen LogP contribution < -0.4 is 10.6 Å². The molecule has 0 fully saturated rings. The topological polar surface area (TPSA) is 113 Å². The molecule has 0 aliphatic carbocycles. The largest absolute Gasteiger partial charge is 0.330 e. The number of amides is 1. The SMILES string of the molecule is Cn1cc(C(=O)Nc2cccc(-c3nnc(Nc4ccc5[nH]nc(F)c5c4)s3)c2)cn1. The minimum atomic E-state index is -0.554. The number of hydrogen-bond acceptors (Lipinski definition) is 7. The zero-order chi connectivity index (χ0) is 21.4. The van der Waals surface area contributed by atoms with E-state index in [0.717, 1.165) is 5.56 Å². The number of benzene rings is 2. The number of rotatable bonds is 5. The maximum Gasteiger partial charge on any atom is 0.258 e. The van der Waals surface area contributed by atoms with Gasteiger partial charge in [-0.15, -0.1) is 15.3 Å². The molecule has 0 aliphatic rings. The summed E-state index contributed by atoms with van der Waals surface area (Å²) in [4.78, 5) is 12.3. The Morgan fingerprint density at radius 1 is 1.16 bits per heavy atom. The van der Waals surface area contributed by atoms with Gasteiger partial charge in [0.2, 0.25) is 11.1 Å². The Labute approximate surface area is 178 Å². The van der Waals surface area contributed by atoms with Gasteiger partial charge in [0, 0.05) is 30.2 Å². The molecule has 0 unspecified atom stereocenters. The first kappa shape index (κ1) is 18.9. The molecule has 1 amide bonds. The maximum atomic E-state index is 13.7. The average molecular weight is 434 g/mol. The minimum absolute atomic E-state index is 0.244. The van der Waals surface area contributed by atoms with E-state index in [0.29, 0.717) is 38.0 Å². The molecule has 3 aromatic heterocycles. The normalized spacial score (nSPS) is 11.0. The predicted octanol–water partition coefficient (Wildman–Crippen LogP) is 3.95. The standard InChI is InChI=1S/C20H15FN8OS/c1-29-10-12(9-22-29)18(30)23-13-4-2-3-11(7-13)19-27-28-20(31-19)24-14-5-6-16-15(8-14)17(21)26-25-16/h2-10H,1H3,(H,23,30)(H,24,28)(H,25,26). The first-order valence-electron chi connectivity index (χ1n) is 9.20. The second-order valence-corrected chi connectivity index (χ2v) is 7.73. The van der Waals surface area contributed by atoms with Crippen LogP contribution in [-0.4, -0.2) is 36.1 Å². The molecule has 31 heavy (non-hydrogen) atoms. The van der Waals surface area contributed by atoms with E-state index >= 15 is 0 Å². The van der Waals surface area contributed by atoms with Gasteiger partial charge < -0.3 is 10.6 Å². The summed E-state index contributed by atoms with van der Waals surface area (Å²) < 4.78 is 15.3. The molecule has 0 radical (unpaired) electrons. The van der Waals surface area contributed by atoms with E-state index in [-0.39, 0.29) is 5.91 Å². The Balaban J connectivity index is 1.33. The molecule has 0 bridgehead atoms. The number of carbonyl (C=O) groups is 1. The van der Waals surface area contributed by atoms with Crippen molar-refractivity contribution in [2.24, 2.45) is 7.05 Å². The van der Waals surface area contributed by atoms with Gasteiger partial charge >= 0.3 is 0 Å². The van der Waals surface area contributed by atoms with Gasteiger partial charge in [0.25, 0.3) is 5.91 Å². The molecule has 0 saturated carbocycles. The van der Waals surface area contributed by atoms with Crippen LogP contribution in [0.5, 0.6) is 0 Å². The number of halogens is 1. The molecule has 0 atom stereocenters. The Morgan fingerprint density at radius 2 is 2.06 bits per heavy atom. The number of aryl methyl sites for hydroxylation is 1. The highest BCUT2D eigenvalue weighted by Crippen LogP contribution is 2.30. The second kappa shape index (κ2) is 7.61. The molecule has 2 aromatic carbocycles. The van der Waals surface area contributed by atoms with Gasteiger partial charge in [-0.3, -0.25) is 14.6 Å². The Morgan fingerprint density at radius 3 is 2.90 bits per heavy atom.